The van der Waals surface area contributed by atoms with Gasteiger partial charge in [-0.3, -0.25) is 9.59 Å². The first-order chi connectivity index (χ1) is 8.71. The van der Waals surface area contributed by atoms with Crippen LogP contribution in [0.4, 0.5) is 0 Å². The average molecular weight is 270 g/mol. The third kappa shape index (κ3) is 4.82. The van der Waals surface area contributed by atoms with Crippen molar-refractivity contribution in [2.75, 3.05) is 13.1 Å². The average Bonchev–Trinajstić information content (AvgIpc) is 2.26. The van der Waals surface area contributed by atoms with E-state index in [1.165, 1.54) is 0 Å². The molecular formula is C14H26N2O3. The summed E-state index contributed by atoms with van der Waals surface area (Å²) in [5, 5.41) is 12.1. The number of hydrogen-bond donors (Lipinski definition) is 2. The Morgan fingerprint density at radius 3 is 2.47 bits per heavy atom. The number of hydrogen-bond acceptors (Lipinski definition) is 3. The number of carbonyl (C=O) groups excluding carboxylic acids is 1. The second-order valence-corrected chi connectivity index (χ2v) is 6.44. The number of rotatable bonds is 4. The third-order valence-electron chi connectivity index (χ3n) is 3.59. The molecule has 1 fully saturated rings. The molecule has 0 aliphatic carbocycles. The maximum Gasteiger partial charge on any atom is 0.305 e. The van der Waals surface area contributed by atoms with E-state index < -0.39 is 5.97 Å². The zero-order valence-corrected chi connectivity index (χ0v) is 12.4. The van der Waals surface area contributed by atoms with Crippen molar-refractivity contribution >= 4 is 11.9 Å². The molecule has 1 rings (SSSR count). The smallest absolute Gasteiger partial charge is 0.305 e. The molecule has 0 aromatic rings. The molecule has 0 aromatic heterocycles. The lowest BCUT2D eigenvalue weighted by molar-refractivity contribution is -0.142. The minimum absolute atomic E-state index is 0.00865. The van der Waals surface area contributed by atoms with Crippen LogP contribution in [0.15, 0.2) is 0 Å². The first-order valence-electron chi connectivity index (χ1n) is 6.98. The number of carboxylic acid groups (broad SMARTS) is 1. The molecule has 0 bridgehead atoms. The predicted octanol–water partition coefficient (Wildman–Crippen LogP) is 1.48. The summed E-state index contributed by atoms with van der Waals surface area (Å²) in [6, 6.07) is -0.170. The fourth-order valence-electron chi connectivity index (χ4n) is 2.47. The summed E-state index contributed by atoms with van der Waals surface area (Å²) in [6.07, 6.45) is 1.91. The van der Waals surface area contributed by atoms with Crippen molar-refractivity contribution in [3.05, 3.63) is 0 Å². The number of piperidine rings is 1. The molecule has 0 radical (unpaired) electrons. The van der Waals surface area contributed by atoms with Crippen LogP contribution in [0.5, 0.6) is 0 Å². The monoisotopic (exact) mass is 270 g/mol. The number of carboxylic acids is 1. The van der Waals surface area contributed by atoms with E-state index in [2.05, 4.69) is 12.2 Å². The topological polar surface area (TPSA) is 69.6 Å². The Labute approximate surface area is 115 Å². The van der Waals surface area contributed by atoms with Gasteiger partial charge in [-0.05, 0) is 46.1 Å². The Morgan fingerprint density at radius 2 is 2.00 bits per heavy atom. The first-order valence-corrected chi connectivity index (χ1v) is 6.98. The third-order valence-corrected chi connectivity index (χ3v) is 3.59. The van der Waals surface area contributed by atoms with Gasteiger partial charge in [0.25, 0.3) is 0 Å². The molecule has 19 heavy (non-hydrogen) atoms. The van der Waals surface area contributed by atoms with E-state index in [0.29, 0.717) is 5.92 Å². The first kappa shape index (κ1) is 16.0. The van der Waals surface area contributed by atoms with Crippen molar-refractivity contribution in [1.82, 2.24) is 10.2 Å². The molecule has 0 saturated carbocycles. The highest BCUT2D eigenvalue weighted by atomic mass is 16.4. The Bertz CT molecular complexity index is 336. The van der Waals surface area contributed by atoms with Gasteiger partial charge >= 0.3 is 5.97 Å². The molecule has 5 heteroatoms. The standard InChI is InChI=1S/C14H26N2O3/c1-10-5-7-15-11(9-10)13(19)16(14(2,3)4)8-6-12(17)18/h10-11,15H,5-9H2,1-4H3,(H,17,18). The molecule has 2 N–H and O–H groups in total. The van der Waals surface area contributed by atoms with E-state index in [9.17, 15) is 9.59 Å². The Hall–Kier alpha value is -1.10. The largest absolute Gasteiger partial charge is 0.481 e. The van der Waals surface area contributed by atoms with E-state index in [1.807, 2.05) is 20.8 Å². The molecule has 0 aromatic carbocycles. The molecule has 5 nitrogen and oxygen atoms in total. The zero-order chi connectivity index (χ0) is 14.6. The van der Waals surface area contributed by atoms with Crippen molar-refractivity contribution in [2.24, 2.45) is 5.92 Å². The van der Waals surface area contributed by atoms with Gasteiger partial charge < -0.3 is 15.3 Å². The predicted molar refractivity (Wildman–Crippen MR) is 73.9 cm³/mol. The van der Waals surface area contributed by atoms with Gasteiger partial charge in [-0.15, -0.1) is 0 Å². The number of aliphatic carboxylic acids is 1. The van der Waals surface area contributed by atoms with Crippen LogP contribution in [0.1, 0.15) is 47.0 Å². The maximum absolute atomic E-state index is 12.6. The second kappa shape index (κ2) is 6.37. The lowest BCUT2D eigenvalue weighted by Crippen LogP contribution is -2.56. The summed E-state index contributed by atoms with van der Waals surface area (Å²) in [5.74, 6) is -0.302. The SMILES string of the molecule is CC1CCNC(C(=O)N(CCC(=O)O)C(C)(C)C)C1. The number of nitrogens with zero attached hydrogens (tertiary/aromatic N) is 1. The molecule has 110 valence electrons. The minimum atomic E-state index is -0.868. The van der Waals surface area contributed by atoms with E-state index in [4.69, 9.17) is 5.11 Å². The van der Waals surface area contributed by atoms with Crippen LogP contribution in [0.2, 0.25) is 0 Å². The van der Waals surface area contributed by atoms with Crippen LogP contribution in [0, 0.1) is 5.92 Å². The Balaban J connectivity index is 2.73. The van der Waals surface area contributed by atoms with Gasteiger partial charge in [0.15, 0.2) is 0 Å². The number of amides is 1. The fraction of sp³-hybridized carbons (Fsp3) is 0.857. The van der Waals surface area contributed by atoms with Gasteiger partial charge in [-0.2, -0.15) is 0 Å². The molecule has 2 atom stereocenters. The molecule has 1 saturated heterocycles. The van der Waals surface area contributed by atoms with Crippen LogP contribution >= 0.6 is 0 Å². The van der Waals surface area contributed by atoms with Gasteiger partial charge in [0, 0.05) is 12.1 Å². The van der Waals surface area contributed by atoms with Gasteiger partial charge in [-0.25, -0.2) is 0 Å². The van der Waals surface area contributed by atoms with Crippen LogP contribution in [-0.4, -0.2) is 46.6 Å². The van der Waals surface area contributed by atoms with Crippen molar-refractivity contribution in [1.29, 1.82) is 0 Å². The second-order valence-electron chi connectivity index (χ2n) is 6.44. The van der Waals surface area contributed by atoms with Crippen LogP contribution in [0.25, 0.3) is 0 Å². The molecule has 2 unspecified atom stereocenters. The highest BCUT2D eigenvalue weighted by Gasteiger charge is 2.33. The van der Waals surface area contributed by atoms with Gasteiger partial charge in [-0.1, -0.05) is 6.92 Å². The quantitative estimate of drug-likeness (QED) is 0.812. The van der Waals surface area contributed by atoms with Crippen molar-refractivity contribution in [2.45, 2.75) is 58.5 Å². The normalized spacial score (nSPS) is 24.0. The van der Waals surface area contributed by atoms with E-state index in [0.717, 1.165) is 19.4 Å². The van der Waals surface area contributed by atoms with Gasteiger partial charge in [0.1, 0.15) is 0 Å². The van der Waals surface area contributed by atoms with Crippen molar-refractivity contribution in [3.63, 3.8) is 0 Å². The summed E-state index contributed by atoms with van der Waals surface area (Å²) in [4.78, 5) is 25.0. The lowest BCUT2D eigenvalue weighted by Gasteiger charge is -2.39. The molecule has 1 amide bonds. The number of nitrogens with one attached hydrogen (secondary N) is 1. The molecule has 0 spiro atoms. The van der Waals surface area contributed by atoms with Crippen LogP contribution in [0.3, 0.4) is 0 Å². The summed E-state index contributed by atoms with van der Waals surface area (Å²) in [5.41, 5.74) is -0.352. The van der Waals surface area contributed by atoms with Crippen molar-refractivity contribution in [3.8, 4) is 0 Å². The highest BCUT2D eigenvalue weighted by Crippen LogP contribution is 2.21. The van der Waals surface area contributed by atoms with Gasteiger partial charge in [0.05, 0.1) is 12.5 Å². The minimum Gasteiger partial charge on any atom is -0.481 e. The van der Waals surface area contributed by atoms with E-state index >= 15 is 0 Å². The summed E-state index contributed by atoms with van der Waals surface area (Å²) < 4.78 is 0. The Kier molecular flexibility index (Phi) is 5.35. The fourth-order valence-corrected chi connectivity index (χ4v) is 2.47. The molecule has 1 aliphatic heterocycles. The molecular weight excluding hydrogens is 244 g/mol. The highest BCUT2D eigenvalue weighted by molar-refractivity contribution is 5.83. The summed E-state index contributed by atoms with van der Waals surface area (Å²) in [7, 11) is 0. The molecule has 1 heterocycles. The molecule has 1 aliphatic rings. The zero-order valence-electron chi connectivity index (χ0n) is 12.4. The Morgan fingerprint density at radius 1 is 1.37 bits per heavy atom. The van der Waals surface area contributed by atoms with Gasteiger partial charge in [0.2, 0.25) is 5.91 Å². The van der Waals surface area contributed by atoms with Crippen molar-refractivity contribution < 1.29 is 14.7 Å². The van der Waals surface area contributed by atoms with E-state index in [1.54, 1.807) is 4.90 Å². The summed E-state index contributed by atoms with van der Waals surface area (Å²) >= 11 is 0. The number of carbonyl (C=O) groups is 2. The lowest BCUT2D eigenvalue weighted by atomic mass is 9.92. The summed E-state index contributed by atoms with van der Waals surface area (Å²) in [6.45, 7) is 9.11. The maximum atomic E-state index is 12.6. The van der Waals surface area contributed by atoms with E-state index in [-0.39, 0.29) is 30.5 Å². The van der Waals surface area contributed by atoms with Crippen LogP contribution < -0.4 is 5.32 Å². The van der Waals surface area contributed by atoms with Crippen LogP contribution in [-0.2, 0) is 9.59 Å².